The van der Waals surface area contributed by atoms with Crippen molar-refractivity contribution in [3.63, 3.8) is 0 Å². The summed E-state index contributed by atoms with van der Waals surface area (Å²) in [6.07, 6.45) is 4.17. The lowest BCUT2D eigenvalue weighted by atomic mass is 10.2. The Morgan fingerprint density at radius 2 is 2.58 bits per heavy atom. The maximum absolute atomic E-state index is 12.0. The van der Waals surface area contributed by atoms with Gasteiger partial charge in [0.15, 0.2) is 0 Å². The van der Waals surface area contributed by atoms with Crippen LogP contribution in [0.3, 0.4) is 0 Å². The van der Waals surface area contributed by atoms with Crippen molar-refractivity contribution in [2.75, 3.05) is 26.2 Å². The molecule has 2 fully saturated rings. The van der Waals surface area contributed by atoms with Crippen molar-refractivity contribution in [1.82, 2.24) is 20.4 Å². The number of fused-ring (bicyclic) bond motifs is 1. The van der Waals surface area contributed by atoms with E-state index in [1.54, 1.807) is 6.20 Å². The number of hydrogen-bond donors (Lipinski definition) is 2. The number of hydrogen-bond acceptors (Lipinski definition) is 4. The lowest BCUT2D eigenvalue weighted by Crippen LogP contribution is -2.50. The van der Waals surface area contributed by atoms with Crippen LogP contribution < -0.4 is 5.32 Å². The summed E-state index contributed by atoms with van der Waals surface area (Å²) >= 11 is 0. The average Bonchev–Trinajstić information content (AvgIpc) is 3.03. The van der Waals surface area contributed by atoms with Gasteiger partial charge in [0.05, 0.1) is 24.5 Å². The maximum atomic E-state index is 12.0. The van der Waals surface area contributed by atoms with Crippen LogP contribution in [0.2, 0.25) is 0 Å². The molecule has 0 spiro atoms. The molecule has 0 radical (unpaired) electrons. The molecule has 2 aliphatic rings. The number of aromatic amines is 1. The second kappa shape index (κ2) is 5.30. The highest BCUT2D eigenvalue weighted by molar-refractivity contribution is 5.94. The fraction of sp³-hybridized carbons (Fsp3) is 0.692. The molecule has 0 saturated carbocycles. The van der Waals surface area contributed by atoms with Crippen LogP contribution in [-0.4, -0.2) is 59.4 Å². The van der Waals surface area contributed by atoms with E-state index in [0.717, 1.165) is 18.8 Å². The minimum Gasteiger partial charge on any atom is -0.373 e. The van der Waals surface area contributed by atoms with E-state index in [1.807, 2.05) is 6.92 Å². The number of morpholine rings is 1. The van der Waals surface area contributed by atoms with Crippen LogP contribution in [-0.2, 0) is 4.74 Å². The second-order valence-corrected chi connectivity index (χ2v) is 5.37. The lowest BCUT2D eigenvalue weighted by molar-refractivity contribution is -0.0461. The molecular weight excluding hydrogens is 244 g/mol. The largest absolute Gasteiger partial charge is 0.373 e. The van der Waals surface area contributed by atoms with Crippen LogP contribution in [0.15, 0.2) is 6.20 Å². The molecule has 2 atom stereocenters. The molecule has 1 amide bonds. The number of H-pyrrole nitrogens is 1. The number of nitrogens with one attached hydrogen (secondary N) is 2. The fourth-order valence-corrected chi connectivity index (χ4v) is 2.89. The summed E-state index contributed by atoms with van der Waals surface area (Å²) in [5.74, 6) is -0.0848. The number of aromatic nitrogens is 2. The van der Waals surface area contributed by atoms with Crippen molar-refractivity contribution < 1.29 is 9.53 Å². The van der Waals surface area contributed by atoms with Gasteiger partial charge in [-0.15, -0.1) is 0 Å². The average molecular weight is 264 g/mol. The maximum Gasteiger partial charge on any atom is 0.254 e. The van der Waals surface area contributed by atoms with Crippen molar-refractivity contribution in [3.8, 4) is 0 Å². The smallest absolute Gasteiger partial charge is 0.254 e. The van der Waals surface area contributed by atoms with Gasteiger partial charge < -0.3 is 10.1 Å². The Kier molecular flexibility index (Phi) is 3.52. The first-order valence-corrected chi connectivity index (χ1v) is 6.88. The zero-order valence-corrected chi connectivity index (χ0v) is 11.2. The summed E-state index contributed by atoms with van der Waals surface area (Å²) in [5.41, 5.74) is 1.40. The number of ether oxygens (including phenoxy) is 1. The molecule has 3 rings (SSSR count). The predicted molar refractivity (Wildman–Crippen MR) is 70.0 cm³/mol. The van der Waals surface area contributed by atoms with Crippen molar-refractivity contribution >= 4 is 5.91 Å². The standard InChI is InChI=1S/C13H20N4O2/c1-9-12(6-15-16-9)13(18)14-5-11-7-17-4-2-3-10(17)8-19-11/h6,10-11H,2-5,7-8H2,1H3,(H,14,18)(H,15,16). The number of nitrogens with zero attached hydrogens (tertiary/aromatic N) is 2. The van der Waals surface area contributed by atoms with Gasteiger partial charge in [0, 0.05) is 24.8 Å². The van der Waals surface area contributed by atoms with Crippen molar-refractivity contribution in [1.29, 1.82) is 0 Å². The molecule has 2 unspecified atom stereocenters. The van der Waals surface area contributed by atoms with E-state index in [0.29, 0.717) is 18.2 Å². The molecule has 19 heavy (non-hydrogen) atoms. The summed E-state index contributed by atoms with van der Waals surface area (Å²) < 4.78 is 5.81. The van der Waals surface area contributed by atoms with Gasteiger partial charge in [-0.3, -0.25) is 14.8 Å². The second-order valence-electron chi connectivity index (χ2n) is 5.37. The zero-order chi connectivity index (χ0) is 13.2. The molecule has 1 aromatic rings. The summed E-state index contributed by atoms with van der Waals surface area (Å²) in [6.45, 7) is 5.29. The first-order chi connectivity index (χ1) is 9.24. The van der Waals surface area contributed by atoms with E-state index in [2.05, 4.69) is 20.4 Å². The van der Waals surface area contributed by atoms with Crippen molar-refractivity contribution in [2.24, 2.45) is 0 Å². The van der Waals surface area contributed by atoms with Gasteiger partial charge in [-0.1, -0.05) is 0 Å². The molecule has 3 heterocycles. The highest BCUT2D eigenvalue weighted by Gasteiger charge is 2.32. The molecule has 6 nitrogen and oxygen atoms in total. The normalized spacial score (nSPS) is 27.2. The topological polar surface area (TPSA) is 70.2 Å². The van der Waals surface area contributed by atoms with Gasteiger partial charge in [0.25, 0.3) is 5.91 Å². The Bertz CT molecular complexity index is 459. The summed E-state index contributed by atoms with van der Waals surface area (Å²) in [6, 6.07) is 0.600. The number of carbonyl (C=O) groups is 1. The molecular formula is C13H20N4O2. The van der Waals surface area contributed by atoms with Crippen LogP contribution in [0, 0.1) is 6.92 Å². The van der Waals surface area contributed by atoms with Gasteiger partial charge >= 0.3 is 0 Å². The Morgan fingerprint density at radius 1 is 1.68 bits per heavy atom. The van der Waals surface area contributed by atoms with E-state index in [1.165, 1.54) is 19.4 Å². The molecule has 2 N–H and O–H groups in total. The number of aryl methyl sites for hydroxylation is 1. The first-order valence-electron chi connectivity index (χ1n) is 6.88. The molecule has 0 bridgehead atoms. The van der Waals surface area contributed by atoms with Crippen LogP contribution >= 0.6 is 0 Å². The SMILES string of the molecule is Cc1[nH]ncc1C(=O)NCC1CN2CCCC2CO1. The van der Waals surface area contributed by atoms with Crippen LogP contribution in [0.1, 0.15) is 28.9 Å². The number of carbonyl (C=O) groups excluding carboxylic acids is 1. The Balaban J connectivity index is 1.50. The number of amides is 1. The van der Waals surface area contributed by atoms with Gasteiger partial charge in [0.1, 0.15) is 0 Å². The third-order valence-electron chi connectivity index (χ3n) is 4.03. The fourth-order valence-electron chi connectivity index (χ4n) is 2.89. The lowest BCUT2D eigenvalue weighted by Gasteiger charge is -2.35. The van der Waals surface area contributed by atoms with Crippen LogP contribution in [0.25, 0.3) is 0 Å². The third kappa shape index (κ3) is 2.64. The first kappa shape index (κ1) is 12.6. The quantitative estimate of drug-likeness (QED) is 0.824. The predicted octanol–water partition coefficient (Wildman–Crippen LogP) is 0.311. The van der Waals surface area contributed by atoms with Gasteiger partial charge in [-0.2, -0.15) is 5.10 Å². The van der Waals surface area contributed by atoms with Crippen molar-refractivity contribution in [3.05, 3.63) is 17.5 Å². The van der Waals surface area contributed by atoms with Gasteiger partial charge in [0.2, 0.25) is 0 Å². The van der Waals surface area contributed by atoms with E-state index in [4.69, 9.17) is 4.74 Å². The molecule has 104 valence electrons. The Labute approximate surface area is 112 Å². The van der Waals surface area contributed by atoms with E-state index < -0.39 is 0 Å². The highest BCUT2D eigenvalue weighted by Crippen LogP contribution is 2.22. The number of rotatable bonds is 3. The van der Waals surface area contributed by atoms with Crippen LogP contribution in [0.5, 0.6) is 0 Å². The molecule has 6 heteroatoms. The van der Waals surface area contributed by atoms with E-state index >= 15 is 0 Å². The molecule has 0 aromatic carbocycles. The molecule has 2 saturated heterocycles. The Morgan fingerprint density at radius 3 is 3.37 bits per heavy atom. The van der Waals surface area contributed by atoms with Gasteiger partial charge in [-0.25, -0.2) is 0 Å². The highest BCUT2D eigenvalue weighted by atomic mass is 16.5. The van der Waals surface area contributed by atoms with Gasteiger partial charge in [-0.05, 0) is 26.3 Å². The minimum absolute atomic E-state index is 0.0848. The summed E-state index contributed by atoms with van der Waals surface area (Å²) in [5, 5.41) is 9.55. The molecule has 1 aromatic heterocycles. The van der Waals surface area contributed by atoms with E-state index in [9.17, 15) is 4.79 Å². The Hall–Kier alpha value is -1.40. The van der Waals surface area contributed by atoms with Crippen LogP contribution in [0.4, 0.5) is 0 Å². The monoisotopic (exact) mass is 264 g/mol. The molecule has 0 aliphatic carbocycles. The minimum atomic E-state index is -0.0848. The van der Waals surface area contributed by atoms with E-state index in [-0.39, 0.29) is 12.0 Å². The summed E-state index contributed by atoms with van der Waals surface area (Å²) in [4.78, 5) is 14.4. The molecule has 2 aliphatic heterocycles. The van der Waals surface area contributed by atoms with Crippen molar-refractivity contribution in [2.45, 2.75) is 31.9 Å². The third-order valence-corrected chi connectivity index (χ3v) is 4.03. The zero-order valence-electron chi connectivity index (χ0n) is 11.2. The summed E-state index contributed by atoms with van der Waals surface area (Å²) in [7, 11) is 0.